The van der Waals surface area contributed by atoms with Gasteiger partial charge in [-0.05, 0) is 73.0 Å². The fourth-order valence-electron chi connectivity index (χ4n) is 8.53. The number of aliphatic hydroxyl groups excluding tert-OH is 2. The van der Waals surface area contributed by atoms with E-state index in [1.54, 1.807) is 0 Å². The Hall–Kier alpha value is 7.30. The molecule has 2 saturated heterocycles. The Morgan fingerprint density at radius 3 is 0.776 bits per heavy atom. The molecule has 107 heavy (non-hydrogen) atoms. The number of hydrogen-bond acceptors (Lipinski definition) is 41. The summed E-state index contributed by atoms with van der Waals surface area (Å²) in [7, 11) is 0. The maximum Gasteiger partial charge on any atom is 1.00 e. The Balaban J connectivity index is -0.000000853. The van der Waals surface area contributed by atoms with Gasteiger partial charge in [0.05, 0.1) is 55.6 Å². The molecule has 0 spiro atoms. The number of carboxylic acid groups (broad SMARTS) is 12. The third kappa shape index (κ3) is 63.0. The number of carboxylic acids is 12. The van der Waals surface area contributed by atoms with E-state index in [1.165, 1.54) is 0 Å². The van der Waals surface area contributed by atoms with Crippen LogP contribution in [-0.2, 0) is 100 Å². The number of carbonyl (C=O) groups excluding carboxylic acids is 12. The van der Waals surface area contributed by atoms with Crippen LogP contribution in [0.2, 0.25) is 0 Å². The Bertz CT molecular complexity index is 2480. The molecule has 53 heteroatoms. The molecule has 544 valence electrons. The summed E-state index contributed by atoms with van der Waals surface area (Å²) in [5, 5.41) is 153. The number of hydrogen-bond donors (Lipinski definition) is 2. The zero-order valence-corrected chi connectivity index (χ0v) is 91.3. The van der Waals surface area contributed by atoms with Gasteiger partial charge in [-0.1, -0.05) is 0 Å². The van der Waals surface area contributed by atoms with Gasteiger partial charge < -0.3 is 172 Å². The third-order valence-corrected chi connectivity index (χ3v) is 20.6. The van der Waals surface area contributed by atoms with Crippen molar-refractivity contribution >= 4 is 142 Å². The average molecular weight is 1750 g/mol. The maximum absolute atomic E-state index is 12.5. The predicted octanol–water partition coefficient (Wildman–Crippen LogP) is -50.9. The van der Waals surface area contributed by atoms with Gasteiger partial charge >= 0.3 is 355 Å². The predicted molar refractivity (Wildman–Crippen MR) is 304 cm³/mol. The Labute approximate surface area is 909 Å². The van der Waals surface area contributed by atoms with E-state index in [1.807, 2.05) is 0 Å². The van der Waals surface area contributed by atoms with Gasteiger partial charge in [0.15, 0.2) is 12.6 Å². The van der Waals surface area contributed by atoms with Gasteiger partial charge in [-0.2, -0.15) is 70.6 Å². The normalized spacial score (nSPS) is 20.5. The van der Waals surface area contributed by atoms with Gasteiger partial charge in [0.1, 0.15) is 48.8 Å². The Morgan fingerprint density at radius 1 is 0.290 bits per heavy atom. The van der Waals surface area contributed by atoms with Crippen LogP contribution in [0, 0.1) is 0 Å². The number of ether oxygens (including phenoxy) is 9. The first-order chi connectivity index (χ1) is 44.9. The van der Waals surface area contributed by atoms with E-state index in [-0.39, 0.29) is 467 Å². The van der Waals surface area contributed by atoms with E-state index < -0.39 is 216 Å². The molecule has 0 aromatic rings. The molecule has 2 heterocycles. The van der Waals surface area contributed by atoms with Crippen LogP contribution in [0.15, 0.2) is 0 Å². The topological polar surface area (TPSA) is 605 Å². The molecule has 0 aromatic carbocycles. The quantitative estimate of drug-likeness (QED) is 0.0422. The minimum atomic E-state index is -2.02. The smallest absolute Gasteiger partial charge is 0.550 e. The number of rotatable bonds is 58. The maximum atomic E-state index is 12.5. The van der Waals surface area contributed by atoms with Crippen molar-refractivity contribution in [1.82, 2.24) is 0 Å². The number of carbonyl (C=O) groups is 12. The largest absolute Gasteiger partial charge is 1.00 e. The molecule has 35 nitrogen and oxygen atoms in total. The molecular weight excluding hydrogens is 1680 g/mol. The van der Waals surface area contributed by atoms with Crippen LogP contribution < -0.4 is 416 Å². The van der Waals surface area contributed by atoms with E-state index in [9.17, 15) is 129 Å². The van der Waals surface area contributed by atoms with Crippen LogP contribution >= 0.6 is 70.6 Å². The minimum absolute atomic E-state index is 0. The van der Waals surface area contributed by atoms with Gasteiger partial charge in [-0.15, -0.1) is 0 Å². The molecule has 2 rings (SSSR count). The second-order valence-corrected chi connectivity index (χ2v) is 28.2. The van der Waals surface area contributed by atoms with Crippen LogP contribution in [0.25, 0.3) is 0 Å². The van der Waals surface area contributed by atoms with E-state index >= 15 is 0 Å². The summed E-state index contributed by atoms with van der Waals surface area (Å²) in [5.74, 6) is -20.6. The van der Waals surface area contributed by atoms with Crippen molar-refractivity contribution in [3.8, 4) is 0 Å². The summed E-state index contributed by atoms with van der Waals surface area (Å²) in [4.78, 5) is 137. The SMILES string of the molecule is O=C([O-])CC(SCCCOC[C@H]1O[C@@H](OCCCSC(CC(=O)[O-])C(=O)[O-])[C@H](OCCCSC(CC(=O)[O-])C(=O)[O-])[C@@H](O)[C@@H]1O[C@@H]1O[C@H](COCCCSC(CC(=O)[O-])C(=O)[O-])[C@@H](OCCCSC(CC(=O)[O-])C(=O)[O-])[C@H](OCCCSC(CC(=O)[O-])C(=O)[O-])[C@H]1O)C(=O)[O-].[Na+].[Na+].[Na+].[Na+].[Na+].[Na+].[Na+].[Na+].[Na+].[Na+].[Na+].[Na+]. The summed E-state index contributed by atoms with van der Waals surface area (Å²) in [6.07, 6.45) is -22.6. The summed E-state index contributed by atoms with van der Waals surface area (Å²) in [5.41, 5.74) is 0. The molecule has 2 N–H and O–H groups in total. The van der Waals surface area contributed by atoms with Crippen molar-refractivity contribution in [2.75, 3.05) is 87.4 Å². The van der Waals surface area contributed by atoms with Crippen LogP contribution in [0.3, 0.4) is 0 Å². The summed E-state index contributed by atoms with van der Waals surface area (Å²) in [6.45, 7) is -2.91. The average Bonchev–Trinajstić information content (AvgIpc) is 0.778. The van der Waals surface area contributed by atoms with E-state index in [4.69, 9.17) is 42.6 Å². The van der Waals surface area contributed by atoms with Gasteiger partial charge in [-0.25, -0.2) is 0 Å². The third-order valence-electron chi connectivity index (χ3n) is 12.9. The Kier molecular flexibility index (Phi) is 105. The van der Waals surface area contributed by atoms with Gasteiger partial charge in [-0.3, -0.25) is 0 Å². The molecule has 0 radical (unpaired) electrons. The van der Waals surface area contributed by atoms with Crippen molar-refractivity contribution in [1.29, 1.82) is 0 Å². The summed E-state index contributed by atoms with van der Waals surface area (Å²) in [6, 6.07) is 0. The minimum Gasteiger partial charge on any atom is -0.550 e. The van der Waals surface area contributed by atoms with Crippen LogP contribution in [0.5, 0.6) is 0 Å². The molecule has 0 amide bonds. The molecular formula is C54H70Na12O35S6. The van der Waals surface area contributed by atoms with Crippen molar-refractivity contribution < 1.29 is 526 Å². The Morgan fingerprint density at radius 2 is 0.514 bits per heavy atom. The number of thioether (sulfide) groups is 6. The van der Waals surface area contributed by atoms with Crippen LogP contribution in [0.1, 0.15) is 77.0 Å². The first-order valence-electron chi connectivity index (χ1n) is 29.0. The fourth-order valence-corrected chi connectivity index (χ4v) is 14.3. The van der Waals surface area contributed by atoms with E-state index in [0.717, 1.165) is 0 Å². The zero-order chi connectivity index (χ0) is 71.2. The molecule has 0 bridgehead atoms. The second-order valence-electron chi connectivity index (χ2n) is 20.3. The standard InChI is InChI=1S/C54H82O35S6.12Na/c55-35(56)19-29(47(69)70)90-13-1-7-81-25-27-43(41(67)46(85-11-5-17-94-33(51(77)78)23-39(63)64)54(88-27)86-12-6-18-95-34(52(79)80)24-40(65)66)89-53-42(68)45(84-10-4-16-93-32(50(75)76)22-38(61)62)44(83-9-3-15-92-31(49(73)74)21-37(59)60)28(87-53)26-82-8-2-14-91-30(48(71)72)20-36(57)58;;;;;;;;;;;;/h27-34,41-46,53-54,67-68H,1-26H2,(H,55,56)(H,57,58)(H,59,60)(H,61,62)(H,63,64)(H,65,66)(H,69,70)(H,71,72)(H,73,74)(H,75,76)(H,77,78)(H,79,80);;;;;;;;;;;;/q;12*+1/p-12/t27-,28-,29?,30?,31?,32?,33?,34?,41+,42-,43-,44-,45-,46-,53+,54-;;;;;;;;;;;;/m1............/s1. The van der Waals surface area contributed by atoms with Crippen molar-refractivity contribution in [3.05, 3.63) is 0 Å². The van der Waals surface area contributed by atoms with E-state index in [0.29, 0.717) is 70.6 Å². The fraction of sp³-hybridized carbons (Fsp3) is 0.778. The zero-order valence-electron chi connectivity index (χ0n) is 62.4. The van der Waals surface area contributed by atoms with Crippen molar-refractivity contribution in [2.24, 2.45) is 0 Å². The molecule has 0 aromatic heterocycles. The van der Waals surface area contributed by atoms with Gasteiger partial charge in [0, 0.05) is 139 Å². The molecule has 6 unspecified atom stereocenters. The van der Waals surface area contributed by atoms with E-state index in [2.05, 4.69) is 0 Å². The first-order valence-corrected chi connectivity index (χ1v) is 35.3. The molecule has 2 aliphatic rings. The molecule has 0 saturated carbocycles. The monoisotopic (exact) mass is 1750 g/mol. The number of aliphatic carboxylic acids is 12. The summed E-state index contributed by atoms with van der Waals surface area (Å²) >= 11 is 4.04. The molecule has 2 aliphatic heterocycles. The number of aliphatic hydroxyl groups is 2. The van der Waals surface area contributed by atoms with Gasteiger partial charge in [0.25, 0.3) is 0 Å². The van der Waals surface area contributed by atoms with Crippen LogP contribution in [0.4, 0.5) is 0 Å². The van der Waals surface area contributed by atoms with Crippen molar-refractivity contribution in [3.63, 3.8) is 0 Å². The first kappa shape index (κ1) is 138. The molecule has 0 aliphatic carbocycles. The summed E-state index contributed by atoms with van der Waals surface area (Å²) < 4.78 is 55.4. The van der Waals surface area contributed by atoms with Crippen molar-refractivity contribution in [2.45, 2.75) is 170 Å². The van der Waals surface area contributed by atoms with Gasteiger partial charge in [0.2, 0.25) is 0 Å². The molecule has 16 atom stereocenters. The molecule has 2 fully saturated rings. The second kappa shape index (κ2) is 81.6. The van der Waals surface area contributed by atoms with Crippen LogP contribution in [-0.4, -0.2) is 262 Å².